The molecule has 0 spiro atoms. The highest BCUT2D eigenvalue weighted by molar-refractivity contribution is 5.92. The number of hydrogen-bond acceptors (Lipinski definition) is 5. The zero-order chi connectivity index (χ0) is 18.2. The highest BCUT2D eigenvalue weighted by Gasteiger charge is 2.14. The third-order valence-electron chi connectivity index (χ3n) is 3.75. The molecule has 0 aliphatic rings. The molecule has 3 rings (SSSR count). The van der Waals surface area contributed by atoms with Crippen LogP contribution >= 0.6 is 0 Å². The Kier molecular flexibility index (Phi) is 5.83. The second-order valence-electron chi connectivity index (χ2n) is 5.57. The lowest BCUT2D eigenvalue weighted by Crippen LogP contribution is -2.06. The van der Waals surface area contributed by atoms with E-state index >= 15 is 0 Å². The molecule has 132 valence electrons. The molecule has 2 aromatic carbocycles. The summed E-state index contributed by atoms with van der Waals surface area (Å²) in [5.41, 5.74) is 2.36. The van der Waals surface area contributed by atoms with Crippen molar-refractivity contribution in [3.05, 3.63) is 89.7 Å². The van der Waals surface area contributed by atoms with E-state index in [-0.39, 0.29) is 0 Å². The van der Waals surface area contributed by atoms with Crippen molar-refractivity contribution in [3.63, 3.8) is 0 Å². The molecular weight excluding hydrogens is 330 g/mol. The average Bonchev–Trinajstić information content (AvgIpc) is 2.71. The fourth-order valence-corrected chi connectivity index (χ4v) is 2.37. The SMILES string of the molecule is COC(=O)c1ccc(OCc2ccccc2)cc1OCc1ccncc1. The molecule has 1 aromatic heterocycles. The summed E-state index contributed by atoms with van der Waals surface area (Å²) in [6, 6.07) is 18.7. The predicted octanol–water partition coefficient (Wildman–Crippen LogP) is 4.03. The van der Waals surface area contributed by atoms with Gasteiger partial charge in [-0.3, -0.25) is 4.98 Å². The first kappa shape index (κ1) is 17.5. The van der Waals surface area contributed by atoms with Crippen LogP contribution in [0.4, 0.5) is 0 Å². The molecule has 0 N–H and O–H groups in total. The fourth-order valence-electron chi connectivity index (χ4n) is 2.37. The monoisotopic (exact) mass is 349 g/mol. The molecule has 0 aliphatic heterocycles. The highest BCUT2D eigenvalue weighted by Crippen LogP contribution is 2.27. The van der Waals surface area contributed by atoms with E-state index < -0.39 is 5.97 Å². The molecular formula is C21H19NO4. The van der Waals surface area contributed by atoms with E-state index in [2.05, 4.69) is 4.98 Å². The third kappa shape index (κ3) is 4.60. The topological polar surface area (TPSA) is 57.7 Å². The lowest BCUT2D eigenvalue weighted by atomic mass is 10.2. The van der Waals surface area contributed by atoms with E-state index in [1.165, 1.54) is 7.11 Å². The van der Waals surface area contributed by atoms with Crippen LogP contribution in [0.5, 0.6) is 11.5 Å². The highest BCUT2D eigenvalue weighted by atomic mass is 16.5. The van der Waals surface area contributed by atoms with Crippen LogP contribution in [0.15, 0.2) is 73.1 Å². The summed E-state index contributed by atoms with van der Waals surface area (Å²) in [4.78, 5) is 16.0. The molecule has 0 bridgehead atoms. The van der Waals surface area contributed by atoms with Gasteiger partial charge in [0.05, 0.1) is 7.11 Å². The molecule has 1 heterocycles. The van der Waals surface area contributed by atoms with Gasteiger partial charge in [-0.1, -0.05) is 30.3 Å². The molecule has 0 unspecified atom stereocenters. The van der Waals surface area contributed by atoms with Gasteiger partial charge in [0.1, 0.15) is 30.3 Å². The Balaban J connectivity index is 1.76. The van der Waals surface area contributed by atoms with Crippen LogP contribution in [0.25, 0.3) is 0 Å². The number of methoxy groups -OCH3 is 1. The number of hydrogen-bond donors (Lipinski definition) is 0. The lowest BCUT2D eigenvalue weighted by Gasteiger charge is -2.13. The zero-order valence-electron chi connectivity index (χ0n) is 14.4. The summed E-state index contributed by atoms with van der Waals surface area (Å²) in [7, 11) is 1.34. The number of carbonyl (C=O) groups excluding carboxylic acids is 1. The maximum Gasteiger partial charge on any atom is 0.341 e. The van der Waals surface area contributed by atoms with Crippen molar-refractivity contribution in [2.75, 3.05) is 7.11 Å². The second kappa shape index (κ2) is 8.67. The van der Waals surface area contributed by atoms with Crippen molar-refractivity contribution >= 4 is 5.97 Å². The van der Waals surface area contributed by atoms with E-state index in [0.717, 1.165) is 11.1 Å². The van der Waals surface area contributed by atoms with E-state index in [1.807, 2.05) is 42.5 Å². The summed E-state index contributed by atoms with van der Waals surface area (Å²) in [6.45, 7) is 0.747. The van der Waals surface area contributed by atoms with Crippen LogP contribution in [-0.2, 0) is 18.0 Å². The first-order chi connectivity index (χ1) is 12.8. The van der Waals surface area contributed by atoms with Crippen molar-refractivity contribution in [2.45, 2.75) is 13.2 Å². The van der Waals surface area contributed by atoms with Crippen LogP contribution in [0, 0.1) is 0 Å². The summed E-state index contributed by atoms with van der Waals surface area (Å²) in [5.74, 6) is 0.579. The van der Waals surface area contributed by atoms with E-state index in [0.29, 0.717) is 30.3 Å². The van der Waals surface area contributed by atoms with Crippen LogP contribution in [0.1, 0.15) is 21.5 Å². The Hall–Kier alpha value is -3.34. The molecule has 0 saturated heterocycles. The lowest BCUT2D eigenvalue weighted by molar-refractivity contribution is 0.0595. The fraction of sp³-hybridized carbons (Fsp3) is 0.143. The molecule has 5 heteroatoms. The summed E-state index contributed by atoms with van der Waals surface area (Å²) >= 11 is 0. The molecule has 0 atom stereocenters. The van der Waals surface area contributed by atoms with Gasteiger partial charge in [0.25, 0.3) is 0 Å². The molecule has 0 saturated carbocycles. The number of rotatable bonds is 7. The number of nitrogens with zero attached hydrogens (tertiary/aromatic N) is 1. The van der Waals surface area contributed by atoms with Crippen LogP contribution < -0.4 is 9.47 Å². The van der Waals surface area contributed by atoms with Gasteiger partial charge >= 0.3 is 5.97 Å². The maximum atomic E-state index is 12.0. The average molecular weight is 349 g/mol. The standard InChI is InChI=1S/C21H19NO4/c1-24-21(23)19-8-7-18(25-14-16-5-3-2-4-6-16)13-20(19)26-15-17-9-11-22-12-10-17/h2-13H,14-15H2,1H3. The smallest absolute Gasteiger partial charge is 0.341 e. The Morgan fingerprint density at radius 2 is 1.58 bits per heavy atom. The van der Waals surface area contributed by atoms with Crippen LogP contribution in [0.2, 0.25) is 0 Å². The van der Waals surface area contributed by atoms with Crippen molar-refractivity contribution in [1.29, 1.82) is 0 Å². The number of esters is 1. The Morgan fingerprint density at radius 3 is 2.31 bits per heavy atom. The zero-order valence-corrected chi connectivity index (χ0v) is 14.4. The Bertz CT molecular complexity index is 850. The molecule has 0 fully saturated rings. The molecule has 3 aromatic rings. The van der Waals surface area contributed by atoms with Crippen molar-refractivity contribution in [2.24, 2.45) is 0 Å². The van der Waals surface area contributed by atoms with Gasteiger partial charge in [0, 0.05) is 18.5 Å². The molecule has 0 aliphatic carbocycles. The molecule has 26 heavy (non-hydrogen) atoms. The number of carbonyl (C=O) groups is 1. The quantitative estimate of drug-likeness (QED) is 0.603. The minimum absolute atomic E-state index is 0.314. The van der Waals surface area contributed by atoms with Crippen LogP contribution in [-0.4, -0.2) is 18.1 Å². The van der Waals surface area contributed by atoms with Gasteiger partial charge < -0.3 is 14.2 Å². The largest absolute Gasteiger partial charge is 0.489 e. The summed E-state index contributed by atoms with van der Waals surface area (Å²) in [6.07, 6.45) is 3.39. The predicted molar refractivity (Wildman–Crippen MR) is 97.1 cm³/mol. The van der Waals surface area contributed by atoms with Crippen molar-refractivity contribution < 1.29 is 19.0 Å². The van der Waals surface area contributed by atoms with Gasteiger partial charge in [-0.25, -0.2) is 4.79 Å². The van der Waals surface area contributed by atoms with Crippen molar-refractivity contribution in [3.8, 4) is 11.5 Å². The van der Waals surface area contributed by atoms with Gasteiger partial charge in [-0.15, -0.1) is 0 Å². The van der Waals surface area contributed by atoms with E-state index in [9.17, 15) is 4.79 Å². The van der Waals surface area contributed by atoms with Gasteiger partial charge in [-0.2, -0.15) is 0 Å². The van der Waals surface area contributed by atoms with E-state index in [1.54, 1.807) is 30.6 Å². The molecule has 0 radical (unpaired) electrons. The normalized spacial score (nSPS) is 10.2. The molecule has 5 nitrogen and oxygen atoms in total. The van der Waals surface area contributed by atoms with E-state index in [4.69, 9.17) is 14.2 Å². The number of ether oxygens (including phenoxy) is 3. The van der Waals surface area contributed by atoms with Gasteiger partial charge in [-0.05, 0) is 35.4 Å². The molecule has 0 amide bonds. The summed E-state index contributed by atoms with van der Waals surface area (Å²) < 4.78 is 16.5. The van der Waals surface area contributed by atoms with Crippen molar-refractivity contribution in [1.82, 2.24) is 4.98 Å². The second-order valence-corrected chi connectivity index (χ2v) is 5.57. The van der Waals surface area contributed by atoms with Gasteiger partial charge in [0.15, 0.2) is 0 Å². The first-order valence-corrected chi connectivity index (χ1v) is 8.17. The third-order valence-corrected chi connectivity index (χ3v) is 3.75. The Labute approximate surface area is 152 Å². The van der Waals surface area contributed by atoms with Gasteiger partial charge in [0.2, 0.25) is 0 Å². The van der Waals surface area contributed by atoms with Crippen LogP contribution in [0.3, 0.4) is 0 Å². The summed E-state index contributed by atoms with van der Waals surface area (Å²) in [5, 5.41) is 0. The minimum Gasteiger partial charge on any atom is -0.489 e. The number of pyridine rings is 1. The Morgan fingerprint density at radius 1 is 0.885 bits per heavy atom. The number of benzene rings is 2. The first-order valence-electron chi connectivity index (χ1n) is 8.17. The maximum absolute atomic E-state index is 12.0. The number of aromatic nitrogens is 1. The minimum atomic E-state index is -0.454.